The lowest BCUT2D eigenvalue weighted by molar-refractivity contribution is -0.394. The SMILES string of the molecule is O=C(O[C@H]1/C=C\CC/C=C\C1)c1cc([N+](=O)[O-])cc([N+](=O)[O-])c1. The first kappa shape index (κ1) is 16.3. The maximum Gasteiger partial charge on any atom is 0.339 e. The average Bonchev–Trinajstić information content (AvgIpc) is 2.49. The molecule has 120 valence electrons. The van der Waals surface area contributed by atoms with E-state index in [4.69, 9.17) is 4.74 Å². The van der Waals surface area contributed by atoms with Crippen LogP contribution < -0.4 is 0 Å². The van der Waals surface area contributed by atoms with Gasteiger partial charge in [0.15, 0.2) is 0 Å². The molecule has 0 saturated carbocycles. The number of ether oxygens (including phenoxy) is 1. The summed E-state index contributed by atoms with van der Waals surface area (Å²) in [4.78, 5) is 32.2. The molecule has 0 heterocycles. The topological polar surface area (TPSA) is 113 Å². The molecule has 8 nitrogen and oxygen atoms in total. The number of nitrogens with zero attached hydrogens (tertiary/aromatic N) is 2. The van der Waals surface area contributed by atoms with Gasteiger partial charge in [-0.25, -0.2) is 4.79 Å². The van der Waals surface area contributed by atoms with Gasteiger partial charge in [0.25, 0.3) is 11.4 Å². The third-order valence-electron chi connectivity index (χ3n) is 3.20. The van der Waals surface area contributed by atoms with Crippen molar-refractivity contribution in [3.05, 3.63) is 68.3 Å². The number of allylic oxidation sites excluding steroid dienone is 2. The van der Waals surface area contributed by atoms with Crippen LogP contribution in [0.15, 0.2) is 42.5 Å². The predicted octanol–water partition coefficient (Wildman–Crippen LogP) is 3.32. The average molecular weight is 318 g/mol. The van der Waals surface area contributed by atoms with E-state index >= 15 is 0 Å². The zero-order valence-electron chi connectivity index (χ0n) is 12.1. The minimum Gasteiger partial charge on any atom is -0.454 e. The third-order valence-corrected chi connectivity index (χ3v) is 3.20. The van der Waals surface area contributed by atoms with Crippen molar-refractivity contribution in [3.63, 3.8) is 0 Å². The number of esters is 1. The number of rotatable bonds is 4. The molecule has 1 atom stereocenters. The molecule has 23 heavy (non-hydrogen) atoms. The van der Waals surface area contributed by atoms with Crippen LogP contribution in [0.3, 0.4) is 0 Å². The highest BCUT2D eigenvalue weighted by Crippen LogP contribution is 2.24. The standard InChI is InChI=1S/C15H14N2O6/c18-15(23-14-6-4-2-1-3-5-7-14)11-8-12(16(19)20)10-13(9-11)17(21)22/h2,4-5,7-10,14H,1,3,6H2/b4-2-,7-5-/t14-/m1/s1. The summed E-state index contributed by atoms with van der Waals surface area (Å²) in [6.45, 7) is 0. The Morgan fingerprint density at radius 2 is 1.61 bits per heavy atom. The summed E-state index contributed by atoms with van der Waals surface area (Å²) in [6, 6.07) is 2.74. The molecule has 0 saturated heterocycles. The van der Waals surface area contributed by atoms with Crippen molar-refractivity contribution in [2.75, 3.05) is 0 Å². The Bertz CT molecular complexity index is 663. The molecule has 0 spiro atoms. The van der Waals surface area contributed by atoms with E-state index in [0.29, 0.717) is 6.42 Å². The second kappa shape index (κ2) is 7.30. The Morgan fingerprint density at radius 3 is 2.22 bits per heavy atom. The van der Waals surface area contributed by atoms with Crippen LogP contribution in [0.2, 0.25) is 0 Å². The second-order valence-corrected chi connectivity index (χ2v) is 4.91. The molecular formula is C15H14N2O6. The van der Waals surface area contributed by atoms with Gasteiger partial charge < -0.3 is 4.74 Å². The summed E-state index contributed by atoms with van der Waals surface area (Å²) in [5.41, 5.74) is -1.27. The highest BCUT2D eigenvalue weighted by molar-refractivity contribution is 5.91. The van der Waals surface area contributed by atoms with Crippen LogP contribution in [0.5, 0.6) is 0 Å². The number of benzene rings is 1. The van der Waals surface area contributed by atoms with Crippen LogP contribution in [0.4, 0.5) is 11.4 Å². The van der Waals surface area contributed by atoms with E-state index in [1.54, 1.807) is 6.08 Å². The second-order valence-electron chi connectivity index (χ2n) is 4.91. The largest absolute Gasteiger partial charge is 0.454 e. The number of non-ortho nitro benzene ring substituents is 2. The summed E-state index contributed by atoms with van der Waals surface area (Å²) in [6.07, 6.45) is 9.21. The molecule has 0 unspecified atom stereocenters. The molecule has 0 radical (unpaired) electrons. The number of carbonyl (C=O) groups is 1. The molecule has 8 heteroatoms. The Kier molecular flexibility index (Phi) is 5.19. The fourth-order valence-corrected chi connectivity index (χ4v) is 2.08. The normalized spacial score (nSPS) is 19.9. The van der Waals surface area contributed by atoms with Gasteiger partial charge in [0.2, 0.25) is 0 Å². The summed E-state index contributed by atoms with van der Waals surface area (Å²) < 4.78 is 5.26. The number of hydrogen-bond acceptors (Lipinski definition) is 6. The van der Waals surface area contributed by atoms with Crippen molar-refractivity contribution in [1.82, 2.24) is 0 Å². The Labute approximate surface area is 131 Å². The quantitative estimate of drug-likeness (QED) is 0.364. The summed E-state index contributed by atoms with van der Waals surface area (Å²) in [5, 5.41) is 21.7. The minimum atomic E-state index is -0.833. The fourth-order valence-electron chi connectivity index (χ4n) is 2.08. The van der Waals surface area contributed by atoms with Gasteiger partial charge in [-0.1, -0.05) is 18.2 Å². The molecule has 1 aliphatic rings. The molecule has 2 rings (SSSR count). The van der Waals surface area contributed by atoms with Gasteiger partial charge in [-0.05, 0) is 18.9 Å². The number of hydrogen-bond donors (Lipinski definition) is 0. The molecule has 1 aliphatic carbocycles. The van der Waals surface area contributed by atoms with E-state index in [-0.39, 0.29) is 5.56 Å². The number of nitro groups is 2. The Morgan fingerprint density at radius 1 is 1.00 bits per heavy atom. The van der Waals surface area contributed by atoms with Crippen molar-refractivity contribution in [3.8, 4) is 0 Å². The van der Waals surface area contributed by atoms with E-state index in [1.165, 1.54) is 0 Å². The van der Waals surface area contributed by atoms with Crippen LogP contribution >= 0.6 is 0 Å². The molecule has 0 aromatic heterocycles. The smallest absolute Gasteiger partial charge is 0.339 e. The van der Waals surface area contributed by atoms with Gasteiger partial charge in [0.1, 0.15) is 6.10 Å². The van der Waals surface area contributed by atoms with E-state index in [0.717, 1.165) is 31.0 Å². The fraction of sp³-hybridized carbons (Fsp3) is 0.267. The number of nitro benzene ring substituents is 2. The van der Waals surface area contributed by atoms with Crippen LogP contribution in [0.25, 0.3) is 0 Å². The maximum absolute atomic E-state index is 12.1. The highest BCUT2D eigenvalue weighted by Gasteiger charge is 2.22. The van der Waals surface area contributed by atoms with Crippen molar-refractivity contribution in [2.24, 2.45) is 0 Å². The molecule has 0 bridgehead atoms. The summed E-state index contributed by atoms with van der Waals surface area (Å²) >= 11 is 0. The van der Waals surface area contributed by atoms with Gasteiger partial charge >= 0.3 is 5.97 Å². The zero-order chi connectivity index (χ0) is 16.8. The molecular weight excluding hydrogens is 304 g/mol. The highest BCUT2D eigenvalue weighted by atomic mass is 16.6. The number of carbonyl (C=O) groups excluding carboxylic acids is 1. The molecule has 0 N–H and O–H groups in total. The van der Waals surface area contributed by atoms with E-state index in [1.807, 2.05) is 18.2 Å². The summed E-state index contributed by atoms with van der Waals surface area (Å²) in [7, 11) is 0. The molecule has 1 aromatic carbocycles. The first-order valence-corrected chi connectivity index (χ1v) is 6.94. The van der Waals surface area contributed by atoms with Crippen LogP contribution in [0, 0.1) is 20.2 Å². The first-order valence-electron chi connectivity index (χ1n) is 6.94. The molecule has 0 aliphatic heterocycles. The Hall–Kier alpha value is -3.03. The van der Waals surface area contributed by atoms with Gasteiger partial charge in [-0.3, -0.25) is 20.2 Å². The minimum absolute atomic E-state index is 0.217. The van der Waals surface area contributed by atoms with Gasteiger partial charge in [-0.15, -0.1) is 0 Å². The van der Waals surface area contributed by atoms with Crippen LogP contribution in [-0.4, -0.2) is 21.9 Å². The molecule has 1 aromatic rings. The predicted molar refractivity (Wildman–Crippen MR) is 81.1 cm³/mol. The maximum atomic E-state index is 12.1. The van der Waals surface area contributed by atoms with E-state index in [2.05, 4.69) is 0 Å². The third kappa shape index (κ3) is 4.47. The zero-order valence-corrected chi connectivity index (χ0v) is 12.1. The molecule has 0 fully saturated rings. The monoisotopic (exact) mass is 318 g/mol. The van der Waals surface area contributed by atoms with Crippen LogP contribution in [-0.2, 0) is 4.74 Å². The summed E-state index contributed by atoms with van der Waals surface area (Å²) in [5.74, 6) is -0.833. The van der Waals surface area contributed by atoms with Gasteiger partial charge in [0, 0.05) is 18.6 Å². The van der Waals surface area contributed by atoms with Crippen molar-refractivity contribution in [2.45, 2.75) is 25.4 Å². The van der Waals surface area contributed by atoms with Gasteiger partial charge in [-0.2, -0.15) is 0 Å². The van der Waals surface area contributed by atoms with Crippen LogP contribution in [0.1, 0.15) is 29.6 Å². The lowest BCUT2D eigenvalue weighted by Gasteiger charge is -2.13. The van der Waals surface area contributed by atoms with Crippen molar-refractivity contribution in [1.29, 1.82) is 0 Å². The van der Waals surface area contributed by atoms with E-state index < -0.39 is 33.3 Å². The van der Waals surface area contributed by atoms with Gasteiger partial charge in [0.05, 0.1) is 21.5 Å². The van der Waals surface area contributed by atoms with Crippen molar-refractivity contribution < 1.29 is 19.4 Å². The van der Waals surface area contributed by atoms with Crippen molar-refractivity contribution >= 4 is 17.3 Å². The molecule has 0 amide bonds. The lowest BCUT2D eigenvalue weighted by Crippen LogP contribution is -2.16. The van der Waals surface area contributed by atoms with E-state index in [9.17, 15) is 25.0 Å². The first-order chi connectivity index (χ1) is 11.0. The Balaban J connectivity index is 2.23. The lowest BCUT2D eigenvalue weighted by atomic mass is 10.1.